The van der Waals surface area contributed by atoms with Gasteiger partial charge in [-0.15, -0.1) is 0 Å². The van der Waals surface area contributed by atoms with Crippen LogP contribution in [0.5, 0.6) is 0 Å². The molecule has 1 atom stereocenters. The molecule has 0 spiro atoms. The van der Waals surface area contributed by atoms with Gasteiger partial charge < -0.3 is 11.1 Å². The van der Waals surface area contributed by atoms with Gasteiger partial charge in [-0.25, -0.2) is 9.97 Å². The molecule has 0 aliphatic carbocycles. The molecular formula is C13H16N4. The Kier molecular flexibility index (Phi) is 3.23. The molecule has 0 saturated carbocycles. The van der Waals surface area contributed by atoms with Crippen LogP contribution in [0.3, 0.4) is 0 Å². The van der Waals surface area contributed by atoms with Crippen molar-refractivity contribution < 1.29 is 0 Å². The van der Waals surface area contributed by atoms with Gasteiger partial charge in [-0.1, -0.05) is 29.8 Å². The first-order valence-corrected chi connectivity index (χ1v) is 5.56. The molecular weight excluding hydrogens is 212 g/mol. The molecule has 2 rings (SSSR count). The quantitative estimate of drug-likeness (QED) is 0.847. The number of nitrogens with two attached hydrogens (primary N) is 1. The highest BCUT2D eigenvalue weighted by atomic mass is 15.1. The van der Waals surface area contributed by atoms with E-state index in [1.54, 1.807) is 12.4 Å². The summed E-state index contributed by atoms with van der Waals surface area (Å²) in [4.78, 5) is 8.16. The fourth-order valence-corrected chi connectivity index (χ4v) is 1.60. The van der Waals surface area contributed by atoms with Crippen molar-refractivity contribution in [2.24, 2.45) is 0 Å². The van der Waals surface area contributed by atoms with E-state index in [1.165, 1.54) is 11.1 Å². The average molecular weight is 228 g/mol. The molecule has 0 radical (unpaired) electrons. The minimum atomic E-state index is 0.148. The third-order valence-corrected chi connectivity index (χ3v) is 2.66. The summed E-state index contributed by atoms with van der Waals surface area (Å²) in [5.41, 5.74) is 8.18. The van der Waals surface area contributed by atoms with Crippen molar-refractivity contribution in [3.05, 3.63) is 47.8 Å². The Morgan fingerprint density at radius 2 is 1.76 bits per heavy atom. The van der Waals surface area contributed by atoms with Crippen molar-refractivity contribution in [3.63, 3.8) is 0 Å². The van der Waals surface area contributed by atoms with Gasteiger partial charge in [0.2, 0.25) is 0 Å². The minimum absolute atomic E-state index is 0.148. The largest absolute Gasteiger partial charge is 0.381 e. The summed E-state index contributed by atoms with van der Waals surface area (Å²) >= 11 is 0. The second-order valence-corrected chi connectivity index (χ2v) is 4.07. The van der Waals surface area contributed by atoms with Crippen LogP contribution >= 0.6 is 0 Å². The van der Waals surface area contributed by atoms with Crippen molar-refractivity contribution in [3.8, 4) is 0 Å². The number of aryl methyl sites for hydroxylation is 1. The number of nitrogens with one attached hydrogen (secondary N) is 1. The van der Waals surface area contributed by atoms with Crippen molar-refractivity contribution in [2.45, 2.75) is 19.9 Å². The number of hydrogen-bond acceptors (Lipinski definition) is 4. The topological polar surface area (TPSA) is 63.8 Å². The van der Waals surface area contributed by atoms with E-state index in [4.69, 9.17) is 5.73 Å². The first kappa shape index (κ1) is 11.4. The Labute approximate surface area is 101 Å². The van der Waals surface area contributed by atoms with E-state index in [2.05, 4.69) is 53.4 Å². The predicted molar refractivity (Wildman–Crippen MR) is 69.7 cm³/mol. The van der Waals surface area contributed by atoms with Gasteiger partial charge >= 0.3 is 0 Å². The van der Waals surface area contributed by atoms with Crippen LogP contribution in [0.15, 0.2) is 36.7 Å². The third-order valence-electron chi connectivity index (χ3n) is 2.66. The number of rotatable bonds is 3. The number of aromatic nitrogens is 2. The van der Waals surface area contributed by atoms with Crippen molar-refractivity contribution in [2.75, 3.05) is 11.1 Å². The van der Waals surface area contributed by atoms with Crippen LogP contribution in [-0.4, -0.2) is 9.97 Å². The van der Waals surface area contributed by atoms with Crippen LogP contribution in [-0.2, 0) is 0 Å². The molecule has 17 heavy (non-hydrogen) atoms. The summed E-state index contributed by atoms with van der Waals surface area (Å²) in [7, 11) is 0. The molecule has 1 aromatic heterocycles. The lowest BCUT2D eigenvalue weighted by atomic mass is 10.1. The Morgan fingerprint density at radius 3 is 2.41 bits per heavy atom. The van der Waals surface area contributed by atoms with Crippen molar-refractivity contribution >= 4 is 11.6 Å². The number of nitrogens with zero attached hydrogens (tertiary/aromatic N) is 2. The molecule has 1 unspecified atom stereocenters. The smallest absolute Gasteiger partial charge is 0.169 e. The zero-order chi connectivity index (χ0) is 12.3. The van der Waals surface area contributed by atoms with E-state index < -0.39 is 0 Å². The molecule has 0 aliphatic heterocycles. The molecule has 4 nitrogen and oxygen atoms in total. The molecule has 1 aromatic carbocycles. The first-order valence-electron chi connectivity index (χ1n) is 5.56. The lowest BCUT2D eigenvalue weighted by Crippen LogP contribution is -2.10. The maximum absolute atomic E-state index is 5.73. The maximum atomic E-state index is 5.73. The lowest BCUT2D eigenvalue weighted by molar-refractivity contribution is 0.872. The van der Waals surface area contributed by atoms with E-state index in [-0.39, 0.29) is 6.04 Å². The summed E-state index contributed by atoms with van der Waals surface area (Å²) in [6, 6.07) is 8.52. The summed E-state index contributed by atoms with van der Waals surface area (Å²) in [6.07, 6.45) is 3.21. The normalized spacial score (nSPS) is 12.1. The molecule has 1 heterocycles. The zero-order valence-electron chi connectivity index (χ0n) is 10.0. The number of hydrogen-bond donors (Lipinski definition) is 2. The van der Waals surface area contributed by atoms with E-state index in [9.17, 15) is 0 Å². The second-order valence-electron chi connectivity index (χ2n) is 4.07. The van der Waals surface area contributed by atoms with Crippen LogP contribution in [0.4, 0.5) is 11.6 Å². The van der Waals surface area contributed by atoms with E-state index >= 15 is 0 Å². The van der Waals surface area contributed by atoms with Crippen LogP contribution in [0, 0.1) is 6.92 Å². The van der Waals surface area contributed by atoms with E-state index in [1.807, 2.05) is 0 Å². The highest BCUT2D eigenvalue weighted by Crippen LogP contribution is 2.20. The van der Waals surface area contributed by atoms with Crippen molar-refractivity contribution in [1.29, 1.82) is 0 Å². The third kappa shape index (κ3) is 2.72. The van der Waals surface area contributed by atoms with Gasteiger partial charge in [0.05, 0.1) is 6.04 Å². The predicted octanol–water partition coefficient (Wildman–Crippen LogP) is 2.54. The average Bonchev–Trinajstić information content (AvgIpc) is 2.33. The minimum Gasteiger partial charge on any atom is -0.381 e. The van der Waals surface area contributed by atoms with Crippen LogP contribution in [0.25, 0.3) is 0 Å². The van der Waals surface area contributed by atoms with Gasteiger partial charge in [-0.2, -0.15) is 0 Å². The fourth-order valence-electron chi connectivity index (χ4n) is 1.60. The Morgan fingerprint density at radius 1 is 1.12 bits per heavy atom. The van der Waals surface area contributed by atoms with Gasteiger partial charge in [-0.3, -0.25) is 0 Å². The Bertz CT molecular complexity index is 493. The summed E-state index contributed by atoms with van der Waals surface area (Å²) in [5.74, 6) is 1.05. The van der Waals surface area contributed by atoms with Gasteiger partial charge in [0.15, 0.2) is 11.6 Å². The lowest BCUT2D eigenvalue weighted by Gasteiger charge is -2.15. The highest BCUT2D eigenvalue weighted by molar-refractivity contribution is 5.56. The standard InChI is InChI=1S/C13H16N4/c1-9-3-5-11(6-4-9)10(2)17-13-12(14)15-7-8-16-13/h3-8,10H,1-2H3,(H2,14,15)(H,16,17). The molecule has 0 bridgehead atoms. The van der Waals surface area contributed by atoms with Crippen LogP contribution in [0.1, 0.15) is 24.1 Å². The van der Waals surface area contributed by atoms with E-state index in [0.717, 1.165) is 0 Å². The molecule has 88 valence electrons. The van der Waals surface area contributed by atoms with Crippen molar-refractivity contribution in [1.82, 2.24) is 9.97 Å². The van der Waals surface area contributed by atoms with Gasteiger partial charge in [0, 0.05) is 12.4 Å². The van der Waals surface area contributed by atoms with Gasteiger partial charge in [-0.05, 0) is 19.4 Å². The molecule has 3 N–H and O–H groups in total. The molecule has 0 aliphatic rings. The summed E-state index contributed by atoms with van der Waals surface area (Å²) in [6.45, 7) is 4.14. The number of anilines is 2. The van der Waals surface area contributed by atoms with Gasteiger partial charge in [0.25, 0.3) is 0 Å². The maximum Gasteiger partial charge on any atom is 0.169 e. The SMILES string of the molecule is Cc1ccc(C(C)Nc2nccnc2N)cc1. The summed E-state index contributed by atoms with van der Waals surface area (Å²) < 4.78 is 0. The zero-order valence-corrected chi connectivity index (χ0v) is 10.0. The second kappa shape index (κ2) is 4.82. The highest BCUT2D eigenvalue weighted by Gasteiger charge is 2.08. The van der Waals surface area contributed by atoms with Crippen LogP contribution in [0.2, 0.25) is 0 Å². The fraction of sp³-hybridized carbons (Fsp3) is 0.231. The Hall–Kier alpha value is -2.10. The molecule has 0 fully saturated rings. The summed E-state index contributed by atoms with van der Waals surface area (Å²) in [5, 5.41) is 3.25. The molecule has 0 saturated heterocycles. The number of nitrogen functional groups attached to an aromatic ring is 1. The monoisotopic (exact) mass is 228 g/mol. The molecule has 4 heteroatoms. The van der Waals surface area contributed by atoms with Gasteiger partial charge in [0.1, 0.15) is 0 Å². The first-order chi connectivity index (χ1) is 8.16. The van der Waals surface area contributed by atoms with E-state index in [0.29, 0.717) is 11.6 Å². The molecule has 0 amide bonds. The Balaban J connectivity index is 2.14. The number of benzene rings is 1. The molecule has 2 aromatic rings. The van der Waals surface area contributed by atoms with Crippen LogP contribution < -0.4 is 11.1 Å².